The maximum absolute atomic E-state index is 5.33. The molecule has 1 aliphatic rings. The standard InChI is InChI=1S/C23H29N3O/c1-25(16-18-6-4-3-5-7-18)21-10-12-26(13-11-21)17-20-14-19-15-22(27-2)8-9-23(19)24-20/h3-9,14-15,21,24H,10-13,16-17H2,1-2H3. The van der Waals surface area contributed by atoms with E-state index in [1.165, 1.54) is 35.0 Å². The molecule has 0 spiro atoms. The summed E-state index contributed by atoms with van der Waals surface area (Å²) < 4.78 is 5.33. The van der Waals surface area contributed by atoms with Crippen LogP contribution in [-0.2, 0) is 13.1 Å². The zero-order valence-corrected chi connectivity index (χ0v) is 16.3. The number of hydrogen-bond donors (Lipinski definition) is 1. The van der Waals surface area contributed by atoms with E-state index in [1.54, 1.807) is 7.11 Å². The van der Waals surface area contributed by atoms with Gasteiger partial charge in [0, 0.05) is 48.8 Å². The predicted molar refractivity (Wildman–Crippen MR) is 111 cm³/mol. The van der Waals surface area contributed by atoms with E-state index in [1.807, 2.05) is 6.07 Å². The van der Waals surface area contributed by atoms with Crippen LogP contribution in [0.1, 0.15) is 24.1 Å². The van der Waals surface area contributed by atoms with Crippen LogP contribution in [0, 0.1) is 0 Å². The molecule has 2 heterocycles. The molecule has 4 rings (SSSR count). The number of H-pyrrole nitrogens is 1. The van der Waals surface area contributed by atoms with Crippen molar-refractivity contribution >= 4 is 10.9 Å². The molecule has 1 saturated heterocycles. The Kier molecular flexibility index (Phi) is 5.46. The Hall–Kier alpha value is -2.30. The largest absolute Gasteiger partial charge is 0.497 e. The summed E-state index contributed by atoms with van der Waals surface area (Å²) in [5.74, 6) is 0.912. The molecule has 1 N–H and O–H groups in total. The minimum atomic E-state index is 0.674. The van der Waals surface area contributed by atoms with Crippen molar-refractivity contribution in [3.63, 3.8) is 0 Å². The number of rotatable bonds is 6. The molecule has 0 unspecified atom stereocenters. The number of piperidine rings is 1. The van der Waals surface area contributed by atoms with E-state index in [0.29, 0.717) is 6.04 Å². The Balaban J connectivity index is 1.31. The summed E-state index contributed by atoms with van der Waals surface area (Å²) in [6, 6.07) is 19.9. The molecule has 1 aromatic heterocycles. The molecule has 2 aromatic carbocycles. The summed E-state index contributed by atoms with van der Waals surface area (Å²) >= 11 is 0. The molecule has 142 valence electrons. The lowest BCUT2D eigenvalue weighted by Crippen LogP contribution is -2.42. The summed E-state index contributed by atoms with van der Waals surface area (Å²) in [5.41, 5.74) is 3.87. The first-order chi connectivity index (χ1) is 13.2. The van der Waals surface area contributed by atoms with Gasteiger partial charge in [0.25, 0.3) is 0 Å². The first kappa shape index (κ1) is 18.1. The lowest BCUT2D eigenvalue weighted by Gasteiger charge is -2.36. The van der Waals surface area contributed by atoms with Gasteiger partial charge in [0.2, 0.25) is 0 Å². The second-order valence-electron chi connectivity index (χ2n) is 7.66. The molecule has 0 aliphatic carbocycles. The third-order valence-electron chi connectivity index (χ3n) is 5.73. The van der Waals surface area contributed by atoms with Crippen LogP contribution < -0.4 is 4.74 Å². The van der Waals surface area contributed by atoms with Gasteiger partial charge < -0.3 is 9.72 Å². The van der Waals surface area contributed by atoms with Crippen molar-refractivity contribution < 1.29 is 4.74 Å². The summed E-state index contributed by atoms with van der Waals surface area (Å²) in [5, 5.41) is 1.22. The van der Waals surface area contributed by atoms with E-state index in [9.17, 15) is 0 Å². The Morgan fingerprint density at radius 1 is 1.07 bits per heavy atom. The maximum Gasteiger partial charge on any atom is 0.119 e. The Morgan fingerprint density at radius 2 is 1.85 bits per heavy atom. The van der Waals surface area contributed by atoms with Gasteiger partial charge in [-0.2, -0.15) is 0 Å². The summed E-state index contributed by atoms with van der Waals surface area (Å²) in [4.78, 5) is 8.63. The van der Waals surface area contributed by atoms with Crippen molar-refractivity contribution in [3.05, 3.63) is 65.9 Å². The van der Waals surface area contributed by atoms with Gasteiger partial charge in [-0.25, -0.2) is 0 Å². The number of likely N-dealkylation sites (tertiary alicyclic amines) is 1. The molecule has 0 saturated carbocycles. The van der Waals surface area contributed by atoms with Gasteiger partial charge in [-0.1, -0.05) is 30.3 Å². The molecule has 1 aliphatic heterocycles. The Morgan fingerprint density at radius 3 is 2.59 bits per heavy atom. The van der Waals surface area contributed by atoms with E-state index < -0.39 is 0 Å². The fourth-order valence-corrected chi connectivity index (χ4v) is 4.14. The number of nitrogens with zero attached hydrogens (tertiary/aromatic N) is 2. The van der Waals surface area contributed by atoms with Gasteiger partial charge >= 0.3 is 0 Å². The normalized spacial score (nSPS) is 16.3. The van der Waals surface area contributed by atoms with Crippen LogP contribution in [-0.4, -0.2) is 48.1 Å². The average Bonchev–Trinajstić information content (AvgIpc) is 3.10. The summed E-state index contributed by atoms with van der Waals surface area (Å²) in [6.07, 6.45) is 2.47. The zero-order chi connectivity index (χ0) is 18.6. The highest BCUT2D eigenvalue weighted by Gasteiger charge is 2.22. The van der Waals surface area contributed by atoms with Crippen LogP contribution >= 0.6 is 0 Å². The van der Waals surface area contributed by atoms with Gasteiger partial charge in [0.1, 0.15) is 5.75 Å². The second kappa shape index (κ2) is 8.15. The molecule has 0 radical (unpaired) electrons. The van der Waals surface area contributed by atoms with Crippen molar-refractivity contribution in [1.29, 1.82) is 0 Å². The SMILES string of the molecule is COc1ccc2[nH]c(CN3CCC(N(C)Cc4ccccc4)CC3)cc2c1. The maximum atomic E-state index is 5.33. The fraction of sp³-hybridized carbons (Fsp3) is 0.391. The lowest BCUT2D eigenvalue weighted by molar-refractivity contribution is 0.118. The number of aromatic nitrogens is 1. The minimum absolute atomic E-state index is 0.674. The number of hydrogen-bond acceptors (Lipinski definition) is 3. The molecule has 27 heavy (non-hydrogen) atoms. The molecule has 0 atom stereocenters. The van der Waals surface area contributed by atoms with Crippen molar-refractivity contribution in [1.82, 2.24) is 14.8 Å². The number of aromatic amines is 1. The third kappa shape index (κ3) is 4.34. The smallest absolute Gasteiger partial charge is 0.119 e. The van der Waals surface area contributed by atoms with Crippen LogP contribution in [0.15, 0.2) is 54.6 Å². The number of benzene rings is 2. The Bertz CT molecular complexity index is 866. The monoisotopic (exact) mass is 363 g/mol. The predicted octanol–water partition coefficient (Wildman–Crippen LogP) is 4.27. The first-order valence-corrected chi connectivity index (χ1v) is 9.83. The second-order valence-corrected chi connectivity index (χ2v) is 7.66. The number of methoxy groups -OCH3 is 1. The highest BCUT2D eigenvalue weighted by molar-refractivity contribution is 5.81. The van der Waals surface area contributed by atoms with Crippen LogP contribution in [0.2, 0.25) is 0 Å². The van der Waals surface area contributed by atoms with E-state index >= 15 is 0 Å². The average molecular weight is 364 g/mol. The fourth-order valence-electron chi connectivity index (χ4n) is 4.14. The number of fused-ring (bicyclic) bond motifs is 1. The first-order valence-electron chi connectivity index (χ1n) is 9.83. The van der Waals surface area contributed by atoms with Crippen LogP contribution in [0.4, 0.5) is 0 Å². The molecule has 0 bridgehead atoms. The van der Waals surface area contributed by atoms with Gasteiger partial charge in [-0.05, 0) is 49.7 Å². The number of ether oxygens (including phenoxy) is 1. The van der Waals surface area contributed by atoms with Crippen molar-refractivity contribution in [2.45, 2.75) is 32.0 Å². The lowest BCUT2D eigenvalue weighted by atomic mass is 10.0. The highest BCUT2D eigenvalue weighted by Crippen LogP contribution is 2.24. The third-order valence-corrected chi connectivity index (χ3v) is 5.73. The summed E-state index contributed by atoms with van der Waals surface area (Å²) in [7, 11) is 3.98. The molecular formula is C23H29N3O. The highest BCUT2D eigenvalue weighted by atomic mass is 16.5. The van der Waals surface area contributed by atoms with Gasteiger partial charge in [-0.3, -0.25) is 9.80 Å². The zero-order valence-electron chi connectivity index (χ0n) is 16.3. The quantitative estimate of drug-likeness (QED) is 0.709. The van der Waals surface area contributed by atoms with Crippen LogP contribution in [0.3, 0.4) is 0 Å². The van der Waals surface area contributed by atoms with Crippen molar-refractivity contribution in [2.24, 2.45) is 0 Å². The van der Waals surface area contributed by atoms with Crippen LogP contribution in [0.5, 0.6) is 5.75 Å². The van der Waals surface area contributed by atoms with E-state index in [4.69, 9.17) is 4.74 Å². The van der Waals surface area contributed by atoms with Crippen molar-refractivity contribution in [2.75, 3.05) is 27.2 Å². The van der Waals surface area contributed by atoms with Crippen molar-refractivity contribution in [3.8, 4) is 5.75 Å². The molecule has 4 nitrogen and oxygen atoms in total. The molecule has 0 amide bonds. The summed E-state index contributed by atoms with van der Waals surface area (Å²) in [6.45, 7) is 4.34. The number of nitrogens with one attached hydrogen (secondary N) is 1. The van der Waals surface area contributed by atoms with Gasteiger partial charge in [-0.15, -0.1) is 0 Å². The van der Waals surface area contributed by atoms with Crippen LogP contribution in [0.25, 0.3) is 10.9 Å². The Labute approximate surface area is 161 Å². The van der Waals surface area contributed by atoms with E-state index in [2.05, 4.69) is 70.4 Å². The molecule has 1 fully saturated rings. The van der Waals surface area contributed by atoms with Gasteiger partial charge in [0.05, 0.1) is 7.11 Å². The topological polar surface area (TPSA) is 31.5 Å². The molecular weight excluding hydrogens is 334 g/mol. The van der Waals surface area contributed by atoms with E-state index in [0.717, 1.165) is 31.9 Å². The molecule has 3 aromatic rings. The minimum Gasteiger partial charge on any atom is -0.497 e. The molecule has 4 heteroatoms. The van der Waals surface area contributed by atoms with Gasteiger partial charge in [0.15, 0.2) is 0 Å². The van der Waals surface area contributed by atoms with E-state index in [-0.39, 0.29) is 0 Å².